The molecule has 2 aromatic carbocycles. The van der Waals surface area contributed by atoms with E-state index >= 15 is 0 Å². The summed E-state index contributed by atoms with van der Waals surface area (Å²) in [5.74, 6) is -0.0237. The minimum absolute atomic E-state index is 0.286. The topological polar surface area (TPSA) is 68.3 Å². The highest BCUT2D eigenvalue weighted by molar-refractivity contribution is 9.10. The molecule has 0 aliphatic heterocycles. The van der Waals surface area contributed by atoms with Crippen molar-refractivity contribution in [2.24, 2.45) is 0 Å². The molecule has 5 nitrogen and oxygen atoms in total. The van der Waals surface area contributed by atoms with E-state index in [1.807, 2.05) is 30.3 Å². The van der Waals surface area contributed by atoms with Gasteiger partial charge < -0.3 is 10.1 Å². The average Bonchev–Trinajstić information content (AvgIpc) is 2.74. The van der Waals surface area contributed by atoms with Crippen LogP contribution in [0.5, 0.6) is 0 Å². The molecule has 0 unspecified atom stereocenters. The summed E-state index contributed by atoms with van der Waals surface area (Å²) in [6.07, 6.45) is 3.52. The molecule has 0 aliphatic rings. The van der Waals surface area contributed by atoms with E-state index in [1.54, 1.807) is 48.4 Å². The zero-order chi connectivity index (χ0) is 19.9. The van der Waals surface area contributed by atoms with Crippen molar-refractivity contribution in [1.29, 1.82) is 0 Å². The van der Waals surface area contributed by atoms with Gasteiger partial charge in [-0.2, -0.15) is 0 Å². The van der Waals surface area contributed by atoms with Gasteiger partial charge in [0.05, 0.1) is 18.4 Å². The zero-order valence-electron chi connectivity index (χ0n) is 15.0. The van der Waals surface area contributed by atoms with Gasteiger partial charge in [-0.05, 0) is 54.1 Å². The van der Waals surface area contributed by atoms with Gasteiger partial charge in [-0.15, -0.1) is 11.8 Å². The Hall–Kier alpha value is -2.64. The van der Waals surface area contributed by atoms with Crippen LogP contribution >= 0.6 is 27.7 Å². The maximum Gasteiger partial charge on any atom is 0.340 e. The molecule has 7 heteroatoms. The van der Waals surface area contributed by atoms with Crippen LogP contribution in [0.25, 0.3) is 0 Å². The molecule has 0 fully saturated rings. The number of ether oxygens (including phenoxy) is 1. The van der Waals surface area contributed by atoms with Crippen molar-refractivity contribution in [3.8, 4) is 0 Å². The molecule has 0 saturated heterocycles. The first kappa shape index (κ1) is 20.1. The van der Waals surface area contributed by atoms with E-state index in [-0.39, 0.29) is 11.5 Å². The molecule has 3 rings (SSSR count). The number of anilines is 1. The summed E-state index contributed by atoms with van der Waals surface area (Å²) in [6, 6.07) is 16.3. The number of amides is 1. The molecule has 28 heavy (non-hydrogen) atoms. The van der Waals surface area contributed by atoms with Crippen LogP contribution in [0, 0.1) is 0 Å². The van der Waals surface area contributed by atoms with Crippen molar-refractivity contribution >= 4 is 45.3 Å². The summed E-state index contributed by atoms with van der Waals surface area (Å²) >= 11 is 4.96. The number of carbonyl (C=O) groups is 2. The van der Waals surface area contributed by atoms with E-state index in [4.69, 9.17) is 4.74 Å². The summed E-state index contributed by atoms with van der Waals surface area (Å²) in [5.41, 5.74) is 2.36. The van der Waals surface area contributed by atoms with E-state index in [0.29, 0.717) is 11.3 Å². The smallest absolute Gasteiger partial charge is 0.340 e. The Labute approximate surface area is 175 Å². The monoisotopic (exact) mass is 456 g/mol. The SMILES string of the molecule is COC(=O)c1cc(Br)ccc1NC(=O)c1cccc(SCc2ccncc2)c1. The molecular formula is C21H17BrN2O3S. The fourth-order valence-electron chi connectivity index (χ4n) is 2.47. The Morgan fingerprint density at radius 3 is 2.64 bits per heavy atom. The van der Waals surface area contributed by atoms with Crippen LogP contribution < -0.4 is 5.32 Å². The molecule has 0 bridgehead atoms. The first-order valence-corrected chi connectivity index (χ1v) is 10.2. The second-order valence-electron chi connectivity index (χ2n) is 5.81. The van der Waals surface area contributed by atoms with Crippen LogP contribution in [0.4, 0.5) is 5.69 Å². The number of thioether (sulfide) groups is 1. The second-order valence-corrected chi connectivity index (χ2v) is 7.77. The van der Waals surface area contributed by atoms with Gasteiger partial charge in [-0.25, -0.2) is 4.79 Å². The van der Waals surface area contributed by atoms with Crippen molar-refractivity contribution in [2.45, 2.75) is 10.6 Å². The Balaban J connectivity index is 1.74. The van der Waals surface area contributed by atoms with Crippen LogP contribution in [0.2, 0.25) is 0 Å². The third-order valence-corrected chi connectivity index (χ3v) is 5.44. The molecule has 0 aliphatic carbocycles. The number of hydrogen-bond donors (Lipinski definition) is 1. The lowest BCUT2D eigenvalue weighted by Crippen LogP contribution is -2.15. The molecule has 0 spiro atoms. The normalized spacial score (nSPS) is 10.4. The lowest BCUT2D eigenvalue weighted by molar-refractivity contribution is 0.0602. The molecule has 0 atom stereocenters. The van der Waals surface area contributed by atoms with E-state index in [1.165, 1.54) is 7.11 Å². The summed E-state index contributed by atoms with van der Waals surface area (Å²) < 4.78 is 5.52. The van der Waals surface area contributed by atoms with Gasteiger partial charge in [0.15, 0.2) is 0 Å². The van der Waals surface area contributed by atoms with Gasteiger partial charge in [0, 0.05) is 33.1 Å². The predicted molar refractivity (Wildman–Crippen MR) is 114 cm³/mol. The first-order valence-electron chi connectivity index (χ1n) is 8.38. The number of rotatable bonds is 6. The number of pyridine rings is 1. The lowest BCUT2D eigenvalue weighted by atomic mass is 10.1. The first-order chi connectivity index (χ1) is 13.6. The molecule has 1 amide bonds. The van der Waals surface area contributed by atoms with E-state index in [2.05, 4.69) is 26.2 Å². The van der Waals surface area contributed by atoms with Crippen LogP contribution in [0.3, 0.4) is 0 Å². The molecule has 142 valence electrons. The lowest BCUT2D eigenvalue weighted by Gasteiger charge is -2.11. The third kappa shape index (κ3) is 5.21. The summed E-state index contributed by atoms with van der Waals surface area (Å²) in [6.45, 7) is 0. The minimum Gasteiger partial charge on any atom is -0.465 e. The second kappa shape index (κ2) is 9.52. The van der Waals surface area contributed by atoms with Crippen LogP contribution in [0.1, 0.15) is 26.3 Å². The standard InChI is InChI=1S/C21H17BrN2O3S/c1-27-21(26)18-12-16(22)5-6-19(18)24-20(25)15-3-2-4-17(11-15)28-13-14-7-9-23-10-8-14/h2-12H,13H2,1H3,(H,24,25). The number of aromatic nitrogens is 1. The molecule has 3 aromatic rings. The number of methoxy groups -OCH3 is 1. The van der Waals surface area contributed by atoms with Crippen molar-refractivity contribution < 1.29 is 14.3 Å². The van der Waals surface area contributed by atoms with Gasteiger partial charge in [0.1, 0.15) is 0 Å². The summed E-state index contributed by atoms with van der Waals surface area (Å²) in [7, 11) is 1.30. The third-order valence-electron chi connectivity index (χ3n) is 3.89. The van der Waals surface area contributed by atoms with Gasteiger partial charge in [0.25, 0.3) is 5.91 Å². The van der Waals surface area contributed by atoms with Gasteiger partial charge in [-0.1, -0.05) is 22.0 Å². The summed E-state index contributed by atoms with van der Waals surface area (Å²) in [4.78, 5) is 29.7. The number of hydrogen-bond acceptors (Lipinski definition) is 5. The van der Waals surface area contributed by atoms with Crippen LogP contribution in [-0.4, -0.2) is 24.0 Å². The number of nitrogens with one attached hydrogen (secondary N) is 1. The fourth-order valence-corrected chi connectivity index (χ4v) is 3.74. The van der Waals surface area contributed by atoms with Crippen molar-refractivity contribution in [3.05, 3.63) is 88.2 Å². The highest BCUT2D eigenvalue weighted by Gasteiger charge is 2.15. The average molecular weight is 457 g/mol. The predicted octanol–water partition coefficient (Wildman–Crippen LogP) is 5.18. The van der Waals surface area contributed by atoms with Crippen molar-refractivity contribution in [3.63, 3.8) is 0 Å². The number of esters is 1. The van der Waals surface area contributed by atoms with Crippen LogP contribution in [-0.2, 0) is 10.5 Å². The van der Waals surface area contributed by atoms with Crippen molar-refractivity contribution in [1.82, 2.24) is 4.98 Å². The van der Waals surface area contributed by atoms with Gasteiger partial charge >= 0.3 is 5.97 Å². The molecule has 1 aromatic heterocycles. The Morgan fingerprint density at radius 2 is 1.89 bits per heavy atom. The molecular weight excluding hydrogens is 440 g/mol. The number of halogens is 1. The Kier molecular flexibility index (Phi) is 6.84. The number of nitrogens with zero attached hydrogens (tertiary/aromatic N) is 1. The molecule has 1 heterocycles. The number of benzene rings is 2. The zero-order valence-corrected chi connectivity index (χ0v) is 17.4. The highest BCUT2D eigenvalue weighted by Crippen LogP contribution is 2.25. The number of carbonyl (C=O) groups excluding carboxylic acids is 2. The maximum absolute atomic E-state index is 12.7. The minimum atomic E-state index is -0.516. The highest BCUT2D eigenvalue weighted by atomic mass is 79.9. The quantitative estimate of drug-likeness (QED) is 0.408. The molecule has 1 N–H and O–H groups in total. The van der Waals surface area contributed by atoms with Gasteiger partial charge in [0.2, 0.25) is 0 Å². The van der Waals surface area contributed by atoms with E-state index < -0.39 is 5.97 Å². The summed E-state index contributed by atoms with van der Waals surface area (Å²) in [5, 5.41) is 2.79. The van der Waals surface area contributed by atoms with Crippen LogP contribution in [0.15, 0.2) is 76.4 Å². The fraction of sp³-hybridized carbons (Fsp3) is 0.0952. The largest absolute Gasteiger partial charge is 0.465 e. The Morgan fingerprint density at radius 1 is 1.11 bits per heavy atom. The van der Waals surface area contributed by atoms with E-state index in [0.717, 1.165) is 20.7 Å². The Bertz CT molecular complexity index is 996. The van der Waals surface area contributed by atoms with E-state index in [9.17, 15) is 9.59 Å². The molecule has 0 saturated carbocycles. The maximum atomic E-state index is 12.7. The van der Waals surface area contributed by atoms with Gasteiger partial charge in [-0.3, -0.25) is 9.78 Å². The van der Waals surface area contributed by atoms with Crippen molar-refractivity contribution in [2.75, 3.05) is 12.4 Å². The molecule has 0 radical (unpaired) electrons.